The number of hydrogen-bond donors (Lipinski definition) is 2. The molecule has 0 radical (unpaired) electrons. The van der Waals surface area contributed by atoms with Crippen LogP contribution in [-0.2, 0) is 4.74 Å². The maximum atomic E-state index is 10.0. The molecule has 1 aliphatic heterocycles. The molecule has 1 saturated heterocycles. The maximum absolute atomic E-state index is 10.0. The molecule has 1 aromatic carbocycles. The summed E-state index contributed by atoms with van der Waals surface area (Å²) in [4.78, 5) is 0. The summed E-state index contributed by atoms with van der Waals surface area (Å²) >= 11 is 0. The lowest BCUT2D eigenvalue weighted by Crippen LogP contribution is -2.29. The quantitative estimate of drug-likeness (QED) is 0.804. The van der Waals surface area contributed by atoms with Crippen LogP contribution in [-0.4, -0.2) is 38.0 Å². The topological polar surface area (TPSA) is 50.7 Å². The van der Waals surface area contributed by atoms with Crippen molar-refractivity contribution in [2.24, 2.45) is 0 Å². The van der Waals surface area contributed by atoms with Crippen LogP contribution in [0.5, 0.6) is 5.75 Å². The monoisotopic (exact) mass is 251 g/mol. The van der Waals surface area contributed by atoms with Crippen LogP contribution >= 0.6 is 0 Å². The van der Waals surface area contributed by atoms with Gasteiger partial charge in [0.1, 0.15) is 5.75 Å². The van der Waals surface area contributed by atoms with Gasteiger partial charge in [0.25, 0.3) is 0 Å². The molecular weight excluding hydrogens is 230 g/mol. The van der Waals surface area contributed by atoms with E-state index in [0.717, 1.165) is 37.3 Å². The molecule has 2 atom stereocenters. The van der Waals surface area contributed by atoms with Gasteiger partial charge in [-0.25, -0.2) is 0 Å². The van der Waals surface area contributed by atoms with E-state index in [9.17, 15) is 5.11 Å². The van der Waals surface area contributed by atoms with Crippen molar-refractivity contribution in [3.8, 4) is 5.75 Å². The molecule has 0 aliphatic carbocycles. The third kappa shape index (κ3) is 3.70. The van der Waals surface area contributed by atoms with E-state index in [4.69, 9.17) is 9.47 Å². The average Bonchev–Trinajstić information content (AvgIpc) is 2.92. The van der Waals surface area contributed by atoms with Crippen molar-refractivity contribution >= 4 is 0 Å². The highest BCUT2D eigenvalue weighted by Crippen LogP contribution is 2.17. The van der Waals surface area contributed by atoms with Gasteiger partial charge in [-0.2, -0.15) is 0 Å². The van der Waals surface area contributed by atoms with Crippen molar-refractivity contribution in [3.63, 3.8) is 0 Å². The Kier molecular flexibility index (Phi) is 4.99. The van der Waals surface area contributed by atoms with Gasteiger partial charge < -0.3 is 19.9 Å². The van der Waals surface area contributed by atoms with Crippen LogP contribution in [0, 0.1) is 0 Å². The highest BCUT2D eigenvalue weighted by Gasteiger charge is 2.15. The van der Waals surface area contributed by atoms with Crippen molar-refractivity contribution in [2.45, 2.75) is 25.0 Å². The van der Waals surface area contributed by atoms with Gasteiger partial charge in [0.2, 0.25) is 0 Å². The van der Waals surface area contributed by atoms with Gasteiger partial charge >= 0.3 is 0 Å². The molecule has 1 fully saturated rings. The van der Waals surface area contributed by atoms with Crippen molar-refractivity contribution in [2.75, 3.05) is 26.8 Å². The summed E-state index contributed by atoms with van der Waals surface area (Å²) < 4.78 is 10.6. The Labute approximate surface area is 108 Å². The van der Waals surface area contributed by atoms with Crippen LogP contribution in [0.1, 0.15) is 24.5 Å². The van der Waals surface area contributed by atoms with Crippen LogP contribution in [0.15, 0.2) is 24.3 Å². The Bertz CT molecular complexity index is 347. The molecule has 4 heteroatoms. The molecule has 1 aliphatic rings. The highest BCUT2D eigenvalue weighted by molar-refractivity contribution is 5.28. The predicted octanol–water partition coefficient (Wildman–Crippen LogP) is 1.50. The number of ether oxygens (including phenoxy) is 2. The summed E-state index contributed by atoms with van der Waals surface area (Å²) in [5.74, 6) is 0.804. The van der Waals surface area contributed by atoms with Crippen LogP contribution < -0.4 is 10.1 Å². The minimum atomic E-state index is -0.489. The average molecular weight is 251 g/mol. The molecule has 0 spiro atoms. The van der Waals surface area contributed by atoms with Gasteiger partial charge in [-0.05, 0) is 30.5 Å². The second-order valence-electron chi connectivity index (χ2n) is 4.58. The standard InChI is InChI=1S/C14H21NO3/c1-17-12-6-4-11(5-7-12)14(16)10-15-9-13-3-2-8-18-13/h4-7,13-16H,2-3,8-10H2,1H3. The molecule has 0 saturated carbocycles. The Morgan fingerprint density at radius 1 is 1.44 bits per heavy atom. The summed E-state index contributed by atoms with van der Waals surface area (Å²) in [5.41, 5.74) is 0.899. The molecular formula is C14H21NO3. The van der Waals surface area contributed by atoms with E-state index in [1.807, 2.05) is 24.3 Å². The minimum Gasteiger partial charge on any atom is -0.497 e. The van der Waals surface area contributed by atoms with E-state index in [1.54, 1.807) is 7.11 Å². The first-order valence-electron chi connectivity index (χ1n) is 6.44. The molecule has 0 amide bonds. The van der Waals surface area contributed by atoms with E-state index in [2.05, 4.69) is 5.32 Å². The molecule has 2 rings (SSSR count). The van der Waals surface area contributed by atoms with Gasteiger partial charge in [-0.15, -0.1) is 0 Å². The van der Waals surface area contributed by atoms with Crippen molar-refractivity contribution in [1.29, 1.82) is 0 Å². The molecule has 18 heavy (non-hydrogen) atoms. The Balaban J connectivity index is 1.74. The summed E-state index contributed by atoms with van der Waals surface area (Å²) in [6.45, 7) is 2.23. The number of methoxy groups -OCH3 is 1. The van der Waals surface area contributed by atoms with E-state index in [1.165, 1.54) is 0 Å². The lowest BCUT2D eigenvalue weighted by atomic mass is 10.1. The van der Waals surface area contributed by atoms with Crippen molar-refractivity contribution < 1.29 is 14.6 Å². The molecule has 2 unspecified atom stereocenters. The van der Waals surface area contributed by atoms with Gasteiger partial charge in [0, 0.05) is 19.7 Å². The largest absolute Gasteiger partial charge is 0.497 e. The zero-order valence-electron chi connectivity index (χ0n) is 10.8. The third-order valence-electron chi connectivity index (χ3n) is 3.23. The predicted molar refractivity (Wildman–Crippen MR) is 69.8 cm³/mol. The maximum Gasteiger partial charge on any atom is 0.118 e. The lowest BCUT2D eigenvalue weighted by molar-refractivity contribution is 0.103. The summed E-state index contributed by atoms with van der Waals surface area (Å²) in [5, 5.41) is 13.3. The Hall–Kier alpha value is -1.10. The summed E-state index contributed by atoms with van der Waals surface area (Å²) in [7, 11) is 1.63. The molecule has 0 aromatic heterocycles. The number of rotatable bonds is 6. The van der Waals surface area contributed by atoms with Crippen molar-refractivity contribution in [1.82, 2.24) is 5.32 Å². The van der Waals surface area contributed by atoms with Crippen LogP contribution in [0.3, 0.4) is 0 Å². The number of benzene rings is 1. The zero-order valence-corrected chi connectivity index (χ0v) is 10.8. The van der Waals surface area contributed by atoms with Gasteiger partial charge in [-0.1, -0.05) is 12.1 Å². The molecule has 4 nitrogen and oxygen atoms in total. The zero-order chi connectivity index (χ0) is 12.8. The smallest absolute Gasteiger partial charge is 0.118 e. The SMILES string of the molecule is COc1ccc(C(O)CNCC2CCCO2)cc1. The first-order valence-corrected chi connectivity index (χ1v) is 6.44. The molecule has 1 aromatic rings. The normalized spacial score (nSPS) is 20.9. The Morgan fingerprint density at radius 2 is 2.22 bits per heavy atom. The Morgan fingerprint density at radius 3 is 2.83 bits per heavy atom. The molecule has 1 heterocycles. The minimum absolute atomic E-state index is 0.313. The van der Waals surface area contributed by atoms with Gasteiger partial charge in [0.15, 0.2) is 0 Å². The summed E-state index contributed by atoms with van der Waals surface area (Å²) in [6.07, 6.45) is 2.09. The van der Waals surface area contributed by atoms with Gasteiger partial charge in [-0.3, -0.25) is 0 Å². The fourth-order valence-electron chi connectivity index (χ4n) is 2.13. The molecule has 2 N–H and O–H groups in total. The highest BCUT2D eigenvalue weighted by atomic mass is 16.5. The van der Waals surface area contributed by atoms with Crippen LogP contribution in [0.4, 0.5) is 0 Å². The third-order valence-corrected chi connectivity index (χ3v) is 3.23. The van der Waals surface area contributed by atoms with Crippen molar-refractivity contribution in [3.05, 3.63) is 29.8 Å². The first-order chi connectivity index (χ1) is 8.79. The van der Waals surface area contributed by atoms with E-state index < -0.39 is 6.10 Å². The molecule has 0 bridgehead atoms. The van der Waals surface area contributed by atoms with Gasteiger partial charge in [0.05, 0.1) is 19.3 Å². The number of aliphatic hydroxyl groups is 1. The van der Waals surface area contributed by atoms with E-state index in [-0.39, 0.29) is 0 Å². The van der Waals surface area contributed by atoms with Crippen LogP contribution in [0.2, 0.25) is 0 Å². The summed E-state index contributed by atoms with van der Waals surface area (Å²) in [6, 6.07) is 7.49. The second kappa shape index (κ2) is 6.73. The lowest BCUT2D eigenvalue weighted by Gasteiger charge is -2.15. The number of hydrogen-bond acceptors (Lipinski definition) is 4. The number of aliphatic hydroxyl groups excluding tert-OH is 1. The van der Waals surface area contributed by atoms with E-state index >= 15 is 0 Å². The van der Waals surface area contributed by atoms with E-state index in [0.29, 0.717) is 12.6 Å². The van der Waals surface area contributed by atoms with Crippen LogP contribution in [0.25, 0.3) is 0 Å². The second-order valence-corrected chi connectivity index (χ2v) is 4.58. The molecule has 100 valence electrons. The number of nitrogens with one attached hydrogen (secondary N) is 1. The fourth-order valence-corrected chi connectivity index (χ4v) is 2.13. The fraction of sp³-hybridized carbons (Fsp3) is 0.571. The first kappa shape index (κ1) is 13.3.